The summed E-state index contributed by atoms with van der Waals surface area (Å²) in [5.41, 5.74) is 3.17. The molecule has 222 valence electrons. The summed E-state index contributed by atoms with van der Waals surface area (Å²) in [5.74, 6) is -2.27. The third kappa shape index (κ3) is 6.37. The van der Waals surface area contributed by atoms with Crippen LogP contribution in [0.15, 0.2) is 72.8 Å². The average molecular weight is 582 g/mol. The van der Waals surface area contributed by atoms with E-state index in [9.17, 15) is 33.7 Å². The summed E-state index contributed by atoms with van der Waals surface area (Å²) in [5, 5.41) is 39.9. The maximum Gasteiger partial charge on any atom is 0.306 e. The van der Waals surface area contributed by atoms with Gasteiger partial charge < -0.3 is 30.1 Å². The van der Waals surface area contributed by atoms with Gasteiger partial charge in [0.15, 0.2) is 0 Å². The van der Waals surface area contributed by atoms with E-state index in [-0.39, 0.29) is 30.1 Å². The largest absolute Gasteiger partial charge is 0.481 e. The van der Waals surface area contributed by atoms with E-state index in [4.69, 9.17) is 9.84 Å². The molecule has 1 amide bonds. The smallest absolute Gasteiger partial charge is 0.306 e. The fraction of sp³-hybridized carbons (Fsp3) is 0.375. The molecular formula is C32H33F2NO7. The fourth-order valence-corrected chi connectivity index (χ4v) is 5.90. The summed E-state index contributed by atoms with van der Waals surface area (Å²) in [6, 6.07) is 19.1. The summed E-state index contributed by atoms with van der Waals surface area (Å²) in [7, 11) is 0. The molecule has 0 radical (unpaired) electrons. The number of carbonyl (C=O) groups excluding carboxylic acids is 1. The zero-order chi connectivity index (χ0) is 30.0. The van der Waals surface area contributed by atoms with Crippen molar-refractivity contribution in [2.24, 2.45) is 5.92 Å². The molecule has 0 bridgehead atoms. The van der Waals surface area contributed by atoms with E-state index in [2.05, 4.69) is 0 Å². The number of anilines is 1. The second-order valence-electron chi connectivity index (χ2n) is 11.0. The Hall–Kier alpha value is -3.70. The second-order valence-corrected chi connectivity index (χ2v) is 11.0. The Morgan fingerprint density at radius 2 is 1.36 bits per heavy atom. The summed E-state index contributed by atoms with van der Waals surface area (Å²) in [6.07, 6.45) is -4.91. The minimum atomic E-state index is -1.55. The van der Waals surface area contributed by atoms with Crippen LogP contribution in [0.3, 0.4) is 0 Å². The SMILES string of the molecule is O=C(O)C[C@H]1O[C@@H](Cc2ccc([C@@H]3[C@@H](CCCc4ccc(F)cc4)C(=O)N3c3ccc(F)cc3)cc2)[C@H](O)[C@@H](O)[C@@H]1O. The van der Waals surface area contributed by atoms with Crippen LogP contribution < -0.4 is 4.90 Å². The Labute approximate surface area is 241 Å². The number of aryl methyl sites for hydroxylation is 1. The molecule has 5 rings (SSSR count). The zero-order valence-electron chi connectivity index (χ0n) is 22.7. The van der Waals surface area contributed by atoms with Crippen molar-refractivity contribution in [1.29, 1.82) is 0 Å². The first-order valence-electron chi connectivity index (χ1n) is 14.0. The molecule has 0 aromatic heterocycles. The molecular weight excluding hydrogens is 548 g/mol. The zero-order valence-corrected chi connectivity index (χ0v) is 22.7. The van der Waals surface area contributed by atoms with Crippen molar-refractivity contribution < 1.29 is 43.5 Å². The molecule has 0 unspecified atom stereocenters. The molecule has 3 aromatic carbocycles. The quantitative estimate of drug-likeness (QED) is 0.270. The molecule has 42 heavy (non-hydrogen) atoms. The lowest BCUT2D eigenvalue weighted by atomic mass is 9.78. The number of carboxylic acids is 1. The minimum Gasteiger partial charge on any atom is -0.481 e. The molecule has 0 spiro atoms. The van der Waals surface area contributed by atoms with Gasteiger partial charge in [-0.25, -0.2) is 8.78 Å². The third-order valence-corrected chi connectivity index (χ3v) is 8.16. The maximum absolute atomic E-state index is 13.6. The average Bonchev–Trinajstić information content (AvgIpc) is 2.97. The van der Waals surface area contributed by atoms with Crippen molar-refractivity contribution in [3.63, 3.8) is 0 Å². The monoisotopic (exact) mass is 581 g/mol. The highest BCUT2D eigenvalue weighted by Crippen LogP contribution is 2.46. The topological polar surface area (TPSA) is 128 Å². The van der Waals surface area contributed by atoms with Crippen molar-refractivity contribution in [1.82, 2.24) is 0 Å². The number of hydrogen-bond donors (Lipinski definition) is 4. The van der Waals surface area contributed by atoms with Gasteiger partial charge in [0.2, 0.25) is 5.91 Å². The summed E-state index contributed by atoms with van der Waals surface area (Å²) in [6.45, 7) is 0. The number of ether oxygens (including phenoxy) is 1. The number of aliphatic hydroxyl groups is 3. The Morgan fingerprint density at radius 1 is 0.786 bits per heavy atom. The number of aliphatic hydroxyl groups excluding tert-OH is 3. The van der Waals surface area contributed by atoms with Gasteiger partial charge in [-0.2, -0.15) is 0 Å². The molecule has 3 aromatic rings. The van der Waals surface area contributed by atoms with E-state index in [1.54, 1.807) is 29.2 Å². The lowest BCUT2D eigenvalue weighted by molar-refractivity contribution is -0.223. The molecule has 0 aliphatic carbocycles. The number of carbonyl (C=O) groups is 2. The maximum atomic E-state index is 13.6. The standard InChI is InChI=1S/C32H33F2NO7/c33-21-10-6-18(7-11-21)2-1-3-24-28(35(32(24)41)23-14-12-22(34)13-15-23)20-8-4-19(5-9-20)16-25-29(38)31(40)30(39)26(42-25)17-27(36)37/h4-15,24-26,28-31,38-40H,1-3,16-17H2,(H,36,37)/t24-,25+,26-,28-,29+,30-,31-/m1/s1. The first-order chi connectivity index (χ1) is 20.1. The number of amides is 1. The van der Waals surface area contributed by atoms with E-state index in [0.29, 0.717) is 18.5 Å². The summed E-state index contributed by atoms with van der Waals surface area (Å²) >= 11 is 0. The van der Waals surface area contributed by atoms with E-state index < -0.39 is 48.7 Å². The molecule has 4 N–H and O–H groups in total. The highest BCUT2D eigenvalue weighted by molar-refractivity contribution is 6.03. The number of aliphatic carboxylic acids is 1. The Bertz CT molecular complexity index is 1380. The predicted octanol–water partition coefficient (Wildman–Crippen LogP) is 3.56. The Balaban J connectivity index is 1.31. The van der Waals surface area contributed by atoms with Crippen LogP contribution in [0.1, 0.15) is 42.0 Å². The minimum absolute atomic E-state index is 0.0643. The van der Waals surface area contributed by atoms with Crippen LogP contribution in [0.2, 0.25) is 0 Å². The molecule has 2 saturated heterocycles. The third-order valence-electron chi connectivity index (χ3n) is 8.16. The molecule has 10 heteroatoms. The van der Waals surface area contributed by atoms with Crippen LogP contribution in [-0.2, 0) is 27.2 Å². The van der Waals surface area contributed by atoms with E-state index in [1.807, 2.05) is 24.3 Å². The van der Waals surface area contributed by atoms with Gasteiger partial charge in [0.1, 0.15) is 29.9 Å². The van der Waals surface area contributed by atoms with Crippen LogP contribution >= 0.6 is 0 Å². The number of β-lactam (4-membered cyclic amide) rings is 1. The molecule has 7 atom stereocenters. The number of halogens is 2. The number of benzene rings is 3. The molecule has 2 aliphatic heterocycles. The first kappa shape index (κ1) is 29.8. The van der Waals surface area contributed by atoms with Crippen LogP contribution in [0.25, 0.3) is 0 Å². The van der Waals surface area contributed by atoms with Gasteiger partial charge >= 0.3 is 5.97 Å². The van der Waals surface area contributed by atoms with E-state index in [0.717, 1.165) is 23.1 Å². The number of carboxylic acid groups (broad SMARTS) is 1. The van der Waals surface area contributed by atoms with Crippen molar-refractivity contribution >= 4 is 17.6 Å². The van der Waals surface area contributed by atoms with Crippen molar-refractivity contribution in [2.75, 3.05) is 4.90 Å². The van der Waals surface area contributed by atoms with Gasteiger partial charge in [0, 0.05) is 12.1 Å². The van der Waals surface area contributed by atoms with Gasteiger partial charge in [-0.1, -0.05) is 36.4 Å². The van der Waals surface area contributed by atoms with Crippen LogP contribution in [0.5, 0.6) is 0 Å². The van der Waals surface area contributed by atoms with Gasteiger partial charge in [-0.15, -0.1) is 0 Å². The van der Waals surface area contributed by atoms with Crippen LogP contribution in [-0.4, -0.2) is 62.8 Å². The number of rotatable bonds is 10. The molecule has 8 nitrogen and oxygen atoms in total. The highest BCUT2D eigenvalue weighted by Gasteiger charge is 2.48. The predicted molar refractivity (Wildman–Crippen MR) is 149 cm³/mol. The molecule has 2 fully saturated rings. The van der Waals surface area contributed by atoms with Crippen molar-refractivity contribution in [3.05, 3.63) is 101 Å². The number of nitrogens with zero attached hydrogens (tertiary/aromatic N) is 1. The number of hydrogen-bond acceptors (Lipinski definition) is 6. The molecule has 2 aliphatic rings. The van der Waals surface area contributed by atoms with Gasteiger partial charge in [-0.05, 0) is 72.4 Å². The lowest BCUT2D eigenvalue weighted by Gasteiger charge is -2.48. The highest BCUT2D eigenvalue weighted by atomic mass is 19.1. The van der Waals surface area contributed by atoms with Crippen molar-refractivity contribution in [3.8, 4) is 0 Å². The van der Waals surface area contributed by atoms with E-state index in [1.165, 1.54) is 24.3 Å². The van der Waals surface area contributed by atoms with Crippen LogP contribution in [0, 0.1) is 17.6 Å². The summed E-state index contributed by atoms with van der Waals surface area (Å²) in [4.78, 5) is 26.1. The van der Waals surface area contributed by atoms with Crippen LogP contribution in [0.4, 0.5) is 14.5 Å². The van der Waals surface area contributed by atoms with Gasteiger partial charge in [0.25, 0.3) is 0 Å². The molecule has 2 heterocycles. The second kappa shape index (κ2) is 12.7. The van der Waals surface area contributed by atoms with Gasteiger partial charge in [-0.3, -0.25) is 9.59 Å². The lowest BCUT2D eigenvalue weighted by Crippen LogP contribution is -2.58. The fourth-order valence-electron chi connectivity index (χ4n) is 5.90. The Kier molecular flexibility index (Phi) is 8.98. The summed E-state index contributed by atoms with van der Waals surface area (Å²) < 4.78 is 32.5. The first-order valence-corrected chi connectivity index (χ1v) is 14.0. The normalized spacial score (nSPS) is 27.5. The molecule has 0 saturated carbocycles. The van der Waals surface area contributed by atoms with E-state index >= 15 is 0 Å². The van der Waals surface area contributed by atoms with Crippen molar-refractivity contribution in [2.45, 2.75) is 68.7 Å². The van der Waals surface area contributed by atoms with Gasteiger partial charge in [0.05, 0.1) is 30.6 Å². The Morgan fingerprint density at radius 3 is 1.98 bits per heavy atom.